The van der Waals surface area contributed by atoms with Crippen LogP contribution in [0.15, 0.2) is 18.5 Å². The first-order valence-corrected chi connectivity index (χ1v) is 7.82. The van der Waals surface area contributed by atoms with Gasteiger partial charge >= 0.3 is 15.5 Å². The van der Waals surface area contributed by atoms with E-state index < -0.39 is 15.5 Å². The molecule has 1 aliphatic rings. The summed E-state index contributed by atoms with van der Waals surface area (Å²) in [7, 11) is -5.20. The van der Waals surface area contributed by atoms with E-state index in [1.807, 2.05) is 0 Å². The fourth-order valence-corrected chi connectivity index (χ4v) is 3.11. The van der Waals surface area contributed by atoms with Crippen LogP contribution >= 0.6 is 0 Å². The monoisotopic (exact) mass is 324 g/mol. The molecule has 1 N–H and O–H groups in total. The molecule has 0 aliphatic carbocycles. The van der Waals surface area contributed by atoms with Crippen LogP contribution in [0.25, 0.3) is 0 Å². The topological polar surface area (TPSA) is 75.2 Å². The Morgan fingerprint density at radius 2 is 1.81 bits per heavy atom. The number of nitrogens with one attached hydrogen (secondary N) is 1. The largest absolute Gasteiger partial charge is 0.511 e. The molecule has 0 atom stereocenters. The molecule has 1 saturated heterocycles. The second-order valence-electron chi connectivity index (χ2n) is 4.75. The van der Waals surface area contributed by atoms with Gasteiger partial charge < -0.3 is 5.32 Å². The van der Waals surface area contributed by atoms with Gasteiger partial charge in [0, 0.05) is 32.0 Å². The zero-order valence-corrected chi connectivity index (χ0v) is 11.9. The van der Waals surface area contributed by atoms with Gasteiger partial charge in [0.1, 0.15) is 0 Å². The number of anilines is 1. The van der Waals surface area contributed by atoms with Crippen LogP contribution in [0.2, 0.25) is 0 Å². The summed E-state index contributed by atoms with van der Waals surface area (Å²) in [4.78, 5) is 7.94. The van der Waals surface area contributed by atoms with E-state index in [1.165, 1.54) is 0 Å². The molecule has 0 radical (unpaired) electrons. The summed E-state index contributed by atoms with van der Waals surface area (Å²) in [6, 6.07) is 1.67. The lowest BCUT2D eigenvalue weighted by molar-refractivity contribution is -0.0496. The van der Waals surface area contributed by atoms with Crippen LogP contribution < -0.4 is 5.32 Å². The van der Waals surface area contributed by atoms with E-state index in [0.29, 0.717) is 29.6 Å². The van der Waals surface area contributed by atoms with Crippen LogP contribution in [0.1, 0.15) is 12.8 Å². The van der Waals surface area contributed by atoms with Crippen molar-refractivity contribution < 1.29 is 21.6 Å². The van der Waals surface area contributed by atoms with Crippen molar-refractivity contribution in [3.8, 4) is 0 Å². The van der Waals surface area contributed by atoms with Crippen LogP contribution in [-0.2, 0) is 10.0 Å². The summed E-state index contributed by atoms with van der Waals surface area (Å²) in [5.41, 5.74) is -5.23. The SMILES string of the molecule is O=S(=O)(N1CCC(CNc2ncccn2)CC1)C(F)(F)F. The number of aromatic nitrogens is 2. The summed E-state index contributed by atoms with van der Waals surface area (Å²) >= 11 is 0. The molecule has 2 rings (SSSR count). The molecule has 1 aromatic rings. The average molecular weight is 324 g/mol. The van der Waals surface area contributed by atoms with Crippen molar-refractivity contribution in [3.05, 3.63) is 18.5 Å². The predicted octanol–water partition coefficient (Wildman–Crippen LogP) is 1.45. The van der Waals surface area contributed by atoms with Crippen LogP contribution in [-0.4, -0.2) is 47.8 Å². The van der Waals surface area contributed by atoms with Gasteiger partial charge in [-0.15, -0.1) is 0 Å². The molecule has 0 saturated carbocycles. The zero-order valence-electron chi connectivity index (χ0n) is 11.0. The van der Waals surface area contributed by atoms with Crippen molar-refractivity contribution in [3.63, 3.8) is 0 Å². The van der Waals surface area contributed by atoms with E-state index in [0.717, 1.165) is 0 Å². The number of hydrogen-bond acceptors (Lipinski definition) is 5. The molecular formula is C11H15F3N4O2S. The molecule has 0 unspecified atom stereocenters. The van der Waals surface area contributed by atoms with E-state index >= 15 is 0 Å². The van der Waals surface area contributed by atoms with Gasteiger partial charge in [-0.2, -0.15) is 17.5 Å². The molecule has 1 aromatic heterocycles. The molecule has 118 valence electrons. The second kappa shape index (κ2) is 6.14. The highest BCUT2D eigenvalue weighted by molar-refractivity contribution is 7.90. The fourth-order valence-electron chi connectivity index (χ4n) is 2.13. The Kier molecular flexibility index (Phi) is 4.67. The van der Waals surface area contributed by atoms with E-state index in [4.69, 9.17) is 0 Å². The van der Waals surface area contributed by atoms with Crippen molar-refractivity contribution in [2.24, 2.45) is 5.92 Å². The number of piperidine rings is 1. The molecule has 21 heavy (non-hydrogen) atoms. The maximum Gasteiger partial charge on any atom is 0.511 e. The van der Waals surface area contributed by atoms with Gasteiger partial charge in [-0.05, 0) is 24.8 Å². The number of alkyl halides is 3. The normalized spacial score (nSPS) is 18.6. The maximum atomic E-state index is 12.4. The minimum absolute atomic E-state index is 0.0912. The molecule has 0 amide bonds. The molecule has 1 aliphatic heterocycles. The standard InChI is InChI=1S/C11H15F3N4O2S/c12-11(13,14)21(19,20)18-6-2-9(3-7-18)8-17-10-15-4-1-5-16-10/h1,4-5,9H,2-3,6-8H2,(H,15,16,17). The number of hydrogen-bond donors (Lipinski definition) is 1. The molecule has 1 fully saturated rings. The van der Waals surface area contributed by atoms with Crippen LogP contribution in [0, 0.1) is 5.92 Å². The number of rotatable bonds is 4. The minimum Gasteiger partial charge on any atom is -0.354 e. The van der Waals surface area contributed by atoms with Crippen LogP contribution in [0.3, 0.4) is 0 Å². The summed E-state index contributed by atoms with van der Waals surface area (Å²) in [5, 5.41) is 2.99. The molecule has 6 nitrogen and oxygen atoms in total. The van der Waals surface area contributed by atoms with Gasteiger partial charge in [-0.3, -0.25) is 0 Å². The summed E-state index contributed by atoms with van der Waals surface area (Å²) in [6.45, 7) is 0.262. The van der Waals surface area contributed by atoms with Crippen molar-refractivity contribution in [1.82, 2.24) is 14.3 Å². The smallest absolute Gasteiger partial charge is 0.354 e. The fraction of sp³-hybridized carbons (Fsp3) is 0.636. The quantitative estimate of drug-likeness (QED) is 0.907. The van der Waals surface area contributed by atoms with Gasteiger partial charge in [0.15, 0.2) is 0 Å². The maximum absolute atomic E-state index is 12.4. The predicted molar refractivity (Wildman–Crippen MR) is 69.8 cm³/mol. The third kappa shape index (κ3) is 3.82. The lowest BCUT2D eigenvalue weighted by atomic mass is 9.98. The van der Waals surface area contributed by atoms with E-state index in [9.17, 15) is 21.6 Å². The third-order valence-electron chi connectivity index (χ3n) is 3.32. The Morgan fingerprint density at radius 1 is 1.24 bits per heavy atom. The van der Waals surface area contributed by atoms with Crippen molar-refractivity contribution in [2.45, 2.75) is 18.3 Å². The molecule has 2 heterocycles. The Labute approximate surface area is 120 Å². The van der Waals surface area contributed by atoms with Crippen molar-refractivity contribution in [1.29, 1.82) is 0 Å². The van der Waals surface area contributed by atoms with Gasteiger partial charge in [-0.25, -0.2) is 18.4 Å². The Balaban J connectivity index is 1.84. The first-order valence-electron chi connectivity index (χ1n) is 6.38. The van der Waals surface area contributed by atoms with Crippen molar-refractivity contribution >= 4 is 16.0 Å². The van der Waals surface area contributed by atoms with E-state index in [2.05, 4.69) is 15.3 Å². The van der Waals surface area contributed by atoms with Crippen molar-refractivity contribution in [2.75, 3.05) is 25.0 Å². The molecule has 10 heteroatoms. The Hall–Kier alpha value is -1.42. The third-order valence-corrected chi connectivity index (χ3v) is 4.95. The van der Waals surface area contributed by atoms with Gasteiger partial charge in [0.2, 0.25) is 5.95 Å². The first-order chi connectivity index (χ1) is 9.80. The van der Waals surface area contributed by atoms with Crippen LogP contribution in [0.4, 0.5) is 19.1 Å². The minimum atomic E-state index is -5.23. The number of halogens is 3. The highest BCUT2D eigenvalue weighted by Gasteiger charge is 2.50. The zero-order chi connectivity index (χ0) is 15.5. The Morgan fingerprint density at radius 3 is 2.33 bits per heavy atom. The van der Waals surface area contributed by atoms with Crippen LogP contribution in [0.5, 0.6) is 0 Å². The summed E-state index contributed by atoms with van der Waals surface area (Å²) in [5.74, 6) is 0.538. The lowest BCUT2D eigenvalue weighted by Crippen LogP contribution is -2.45. The highest BCUT2D eigenvalue weighted by Crippen LogP contribution is 2.30. The Bertz CT molecular complexity index is 557. The van der Waals surface area contributed by atoms with Gasteiger partial charge in [0.05, 0.1) is 0 Å². The van der Waals surface area contributed by atoms with E-state index in [-0.39, 0.29) is 19.0 Å². The highest BCUT2D eigenvalue weighted by atomic mass is 32.2. The average Bonchev–Trinajstić information content (AvgIpc) is 2.45. The molecular weight excluding hydrogens is 309 g/mol. The molecule has 0 bridgehead atoms. The number of sulfonamides is 1. The number of nitrogens with zero attached hydrogens (tertiary/aromatic N) is 3. The first kappa shape index (κ1) is 16.0. The van der Waals surface area contributed by atoms with E-state index in [1.54, 1.807) is 18.5 Å². The molecule has 0 spiro atoms. The van der Waals surface area contributed by atoms with Gasteiger partial charge in [0.25, 0.3) is 0 Å². The summed E-state index contributed by atoms with van der Waals surface area (Å²) in [6.07, 6.45) is 3.89. The van der Waals surface area contributed by atoms with Gasteiger partial charge in [-0.1, -0.05) is 0 Å². The molecule has 0 aromatic carbocycles. The summed E-state index contributed by atoms with van der Waals surface area (Å²) < 4.78 is 60.3. The lowest BCUT2D eigenvalue weighted by Gasteiger charge is -2.31. The second-order valence-corrected chi connectivity index (χ2v) is 6.68.